The number of hydrogen-bond acceptors (Lipinski definition) is 3. The van der Waals surface area contributed by atoms with Crippen molar-refractivity contribution in [2.24, 2.45) is 5.92 Å². The third-order valence-electron chi connectivity index (χ3n) is 2.36. The Morgan fingerprint density at radius 1 is 1.56 bits per heavy atom. The Morgan fingerprint density at radius 2 is 2.25 bits per heavy atom. The minimum Gasteiger partial charge on any atom is -0.440 e. The van der Waals surface area contributed by atoms with Crippen molar-refractivity contribution in [2.75, 3.05) is 6.61 Å². The zero-order chi connectivity index (χ0) is 12.1. The molecule has 0 bridgehead atoms. The smallest absolute Gasteiger partial charge is 0.287 e. The summed E-state index contributed by atoms with van der Waals surface area (Å²) in [6, 6.07) is 2.97. The molecule has 1 aromatic rings. The predicted octanol–water partition coefficient (Wildman–Crippen LogP) is 2.07. The van der Waals surface area contributed by atoms with E-state index in [1.54, 1.807) is 0 Å². The Hall–Kier alpha value is -1.00. The summed E-state index contributed by atoms with van der Waals surface area (Å²) in [4.78, 5) is 11.7. The van der Waals surface area contributed by atoms with E-state index in [0.29, 0.717) is 6.42 Å². The number of amides is 1. The van der Waals surface area contributed by atoms with E-state index >= 15 is 0 Å². The molecule has 90 valence electrons. The maximum atomic E-state index is 11.7. The van der Waals surface area contributed by atoms with Crippen LogP contribution < -0.4 is 5.32 Å². The van der Waals surface area contributed by atoms with Gasteiger partial charge in [-0.05, 0) is 36.1 Å². The lowest BCUT2D eigenvalue weighted by atomic mass is 10.0. The van der Waals surface area contributed by atoms with Gasteiger partial charge in [0.1, 0.15) is 0 Å². The van der Waals surface area contributed by atoms with Gasteiger partial charge in [-0.3, -0.25) is 4.79 Å². The first kappa shape index (κ1) is 13.1. The molecule has 1 heterocycles. The van der Waals surface area contributed by atoms with Crippen LogP contribution in [0.3, 0.4) is 0 Å². The molecule has 1 atom stereocenters. The van der Waals surface area contributed by atoms with E-state index in [2.05, 4.69) is 5.32 Å². The number of rotatable bonds is 5. The third-order valence-corrected chi connectivity index (χ3v) is 2.56. The fourth-order valence-electron chi connectivity index (χ4n) is 1.39. The average molecular weight is 246 g/mol. The van der Waals surface area contributed by atoms with Crippen molar-refractivity contribution in [3.05, 3.63) is 23.1 Å². The van der Waals surface area contributed by atoms with Crippen molar-refractivity contribution in [3.8, 4) is 0 Å². The summed E-state index contributed by atoms with van der Waals surface area (Å²) < 4.78 is 4.99. The number of carbonyl (C=O) groups excluding carboxylic acids is 1. The number of nitrogens with one attached hydrogen (secondary N) is 1. The van der Waals surface area contributed by atoms with E-state index in [-0.39, 0.29) is 35.5 Å². The number of halogens is 1. The Labute approximate surface area is 99.6 Å². The van der Waals surface area contributed by atoms with Crippen LogP contribution in [0, 0.1) is 5.92 Å². The van der Waals surface area contributed by atoms with Crippen LogP contribution in [0.5, 0.6) is 0 Å². The highest BCUT2D eigenvalue weighted by Gasteiger charge is 2.18. The second-order valence-corrected chi connectivity index (χ2v) is 4.31. The maximum absolute atomic E-state index is 11.7. The van der Waals surface area contributed by atoms with Crippen LogP contribution in [0.2, 0.25) is 5.22 Å². The minimum atomic E-state index is -0.306. The van der Waals surface area contributed by atoms with E-state index in [0.717, 1.165) is 0 Å². The number of aliphatic hydroxyl groups excluding tert-OH is 1. The molecule has 1 aromatic heterocycles. The SMILES string of the molecule is CC(C)C(CCO)NC(=O)c1ccc(Cl)o1. The molecule has 0 aliphatic heterocycles. The van der Waals surface area contributed by atoms with Gasteiger partial charge in [0, 0.05) is 12.6 Å². The first-order valence-electron chi connectivity index (χ1n) is 5.21. The average Bonchev–Trinajstić information content (AvgIpc) is 2.64. The van der Waals surface area contributed by atoms with Crippen molar-refractivity contribution < 1.29 is 14.3 Å². The monoisotopic (exact) mass is 245 g/mol. The van der Waals surface area contributed by atoms with Crippen LogP contribution in [0.4, 0.5) is 0 Å². The maximum Gasteiger partial charge on any atom is 0.287 e. The predicted molar refractivity (Wildman–Crippen MR) is 61.5 cm³/mol. The molecule has 0 aliphatic rings. The summed E-state index contributed by atoms with van der Waals surface area (Å²) >= 11 is 5.58. The van der Waals surface area contributed by atoms with E-state index in [1.165, 1.54) is 12.1 Å². The van der Waals surface area contributed by atoms with Crippen LogP contribution in [0.1, 0.15) is 30.8 Å². The molecule has 2 N–H and O–H groups in total. The van der Waals surface area contributed by atoms with Crippen LogP contribution in [0.25, 0.3) is 0 Å². The van der Waals surface area contributed by atoms with Gasteiger partial charge >= 0.3 is 0 Å². The first-order valence-corrected chi connectivity index (χ1v) is 5.59. The van der Waals surface area contributed by atoms with Crippen LogP contribution >= 0.6 is 11.6 Å². The van der Waals surface area contributed by atoms with Crippen LogP contribution in [-0.4, -0.2) is 23.7 Å². The molecule has 0 aliphatic carbocycles. The molecular formula is C11H16ClNO3. The van der Waals surface area contributed by atoms with Gasteiger partial charge in [0.25, 0.3) is 5.91 Å². The topological polar surface area (TPSA) is 62.5 Å². The summed E-state index contributed by atoms with van der Waals surface area (Å²) in [5, 5.41) is 11.9. The highest BCUT2D eigenvalue weighted by Crippen LogP contribution is 2.14. The highest BCUT2D eigenvalue weighted by molar-refractivity contribution is 6.29. The lowest BCUT2D eigenvalue weighted by Crippen LogP contribution is -2.39. The van der Waals surface area contributed by atoms with Crippen LogP contribution in [0.15, 0.2) is 16.5 Å². The van der Waals surface area contributed by atoms with Gasteiger partial charge in [0.2, 0.25) is 0 Å². The van der Waals surface area contributed by atoms with E-state index in [4.69, 9.17) is 21.1 Å². The standard InChI is InChI=1S/C11H16ClNO3/c1-7(2)8(5-6-14)13-11(15)9-3-4-10(12)16-9/h3-4,7-8,14H,5-6H2,1-2H3,(H,13,15). The lowest BCUT2D eigenvalue weighted by Gasteiger charge is -2.20. The third kappa shape index (κ3) is 3.54. The zero-order valence-corrected chi connectivity index (χ0v) is 10.1. The number of furan rings is 1. The van der Waals surface area contributed by atoms with Crippen molar-refractivity contribution >= 4 is 17.5 Å². The summed E-state index contributed by atoms with van der Waals surface area (Å²) in [5.41, 5.74) is 0. The molecule has 0 radical (unpaired) electrons. The molecule has 5 heteroatoms. The van der Waals surface area contributed by atoms with Crippen LogP contribution in [-0.2, 0) is 0 Å². The second kappa shape index (κ2) is 5.92. The summed E-state index contributed by atoms with van der Waals surface area (Å²) in [6.45, 7) is 4.01. The van der Waals surface area contributed by atoms with Crippen molar-refractivity contribution in [2.45, 2.75) is 26.3 Å². The Bertz CT molecular complexity index is 349. The Kier molecular flexibility index (Phi) is 4.83. The summed E-state index contributed by atoms with van der Waals surface area (Å²) in [7, 11) is 0. The molecular weight excluding hydrogens is 230 g/mol. The van der Waals surface area contributed by atoms with Gasteiger partial charge in [-0.25, -0.2) is 0 Å². The van der Waals surface area contributed by atoms with Gasteiger partial charge < -0.3 is 14.8 Å². The fourth-order valence-corrected chi connectivity index (χ4v) is 1.53. The highest BCUT2D eigenvalue weighted by atomic mass is 35.5. The quantitative estimate of drug-likeness (QED) is 0.835. The molecule has 0 spiro atoms. The van der Waals surface area contributed by atoms with Gasteiger partial charge in [0.15, 0.2) is 11.0 Å². The molecule has 1 amide bonds. The molecule has 0 fully saturated rings. The van der Waals surface area contributed by atoms with E-state index in [1.807, 2.05) is 13.8 Å². The van der Waals surface area contributed by atoms with E-state index in [9.17, 15) is 4.79 Å². The van der Waals surface area contributed by atoms with Crippen molar-refractivity contribution in [1.82, 2.24) is 5.32 Å². The minimum absolute atomic E-state index is 0.0437. The molecule has 1 rings (SSSR count). The molecule has 0 saturated heterocycles. The zero-order valence-electron chi connectivity index (χ0n) is 9.37. The molecule has 4 nitrogen and oxygen atoms in total. The molecule has 1 unspecified atom stereocenters. The lowest BCUT2D eigenvalue weighted by molar-refractivity contribution is 0.0888. The number of aliphatic hydroxyl groups is 1. The molecule has 0 saturated carbocycles. The molecule has 16 heavy (non-hydrogen) atoms. The van der Waals surface area contributed by atoms with Crippen molar-refractivity contribution in [3.63, 3.8) is 0 Å². The van der Waals surface area contributed by atoms with Crippen molar-refractivity contribution in [1.29, 1.82) is 0 Å². The Balaban J connectivity index is 2.61. The number of hydrogen-bond donors (Lipinski definition) is 2. The largest absolute Gasteiger partial charge is 0.440 e. The normalized spacial score (nSPS) is 12.8. The Morgan fingerprint density at radius 3 is 2.69 bits per heavy atom. The van der Waals surface area contributed by atoms with Gasteiger partial charge in [-0.1, -0.05) is 13.8 Å². The summed E-state index contributed by atoms with van der Waals surface area (Å²) in [6.07, 6.45) is 0.526. The first-order chi connectivity index (χ1) is 7.54. The van der Waals surface area contributed by atoms with E-state index < -0.39 is 0 Å². The second-order valence-electron chi connectivity index (χ2n) is 3.94. The van der Waals surface area contributed by atoms with Gasteiger partial charge in [-0.2, -0.15) is 0 Å². The summed E-state index contributed by atoms with van der Waals surface area (Å²) in [5.74, 6) is 0.133. The van der Waals surface area contributed by atoms with Gasteiger partial charge in [0.05, 0.1) is 0 Å². The number of carbonyl (C=O) groups is 1. The fraction of sp³-hybridized carbons (Fsp3) is 0.545. The molecule has 0 aromatic carbocycles. The van der Waals surface area contributed by atoms with Gasteiger partial charge in [-0.15, -0.1) is 0 Å².